The molecule has 0 amide bonds. The first-order valence-electron chi connectivity index (χ1n) is 4.72. The van der Waals surface area contributed by atoms with Crippen molar-refractivity contribution in [3.05, 3.63) is 34.1 Å². The van der Waals surface area contributed by atoms with Gasteiger partial charge in [-0.25, -0.2) is 0 Å². The molecular weight excluding hydrogens is 217 g/mol. The topological polar surface area (TPSA) is 72.6 Å². The third-order valence-electron chi connectivity index (χ3n) is 1.96. The van der Waals surface area contributed by atoms with Gasteiger partial charge in [-0.15, -0.1) is 0 Å². The van der Waals surface area contributed by atoms with Crippen LogP contribution in [0.15, 0.2) is 18.2 Å². The van der Waals surface area contributed by atoms with E-state index >= 15 is 0 Å². The van der Waals surface area contributed by atoms with E-state index in [0.717, 1.165) is 12.1 Å². The van der Waals surface area contributed by atoms with Gasteiger partial charge in [0.05, 0.1) is 11.5 Å². The second-order valence-corrected chi connectivity index (χ2v) is 3.47. The molecule has 0 aromatic heterocycles. The summed E-state index contributed by atoms with van der Waals surface area (Å²) in [4.78, 5) is 9.54. The predicted molar refractivity (Wildman–Crippen MR) is 54.8 cm³/mol. The number of aliphatic hydroxyl groups is 1. The van der Waals surface area contributed by atoms with Crippen molar-refractivity contribution in [3.63, 3.8) is 0 Å². The molecule has 1 unspecified atom stereocenters. The third kappa shape index (κ3) is 3.16. The van der Waals surface area contributed by atoms with Crippen molar-refractivity contribution in [2.24, 2.45) is 5.92 Å². The van der Waals surface area contributed by atoms with Crippen molar-refractivity contribution in [2.75, 3.05) is 13.2 Å². The summed E-state index contributed by atoms with van der Waals surface area (Å²) in [6.45, 7) is 1.96. The largest absolute Gasteiger partial charge is 0.493 e. The molecule has 0 bridgehead atoms. The van der Waals surface area contributed by atoms with Gasteiger partial charge in [0.15, 0.2) is 0 Å². The van der Waals surface area contributed by atoms with Gasteiger partial charge in [-0.1, -0.05) is 6.92 Å². The molecule has 16 heavy (non-hydrogen) atoms. The Hall–Kier alpha value is -1.69. The van der Waals surface area contributed by atoms with Crippen molar-refractivity contribution >= 4 is 5.69 Å². The lowest BCUT2D eigenvalue weighted by molar-refractivity contribution is -0.387. The van der Waals surface area contributed by atoms with Crippen LogP contribution < -0.4 is 4.74 Å². The van der Waals surface area contributed by atoms with Crippen LogP contribution in [0.1, 0.15) is 6.92 Å². The molecule has 0 aliphatic rings. The number of ether oxygens (including phenoxy) is 1. The van der Waals surface area contributed by atoms with Crippen molar-refractivity contribution in [3.8, 4) is 5.75 Å². The number of nitrogens with zero attached hydrogens (tertiary/aromatic N) is 1. The fourth-order valence-electron chi connectivity index (χ4n) is 1.02. The minimum absolute atomic E-state index is 0.0323. The fourth-order valence-corrected chi connectivity index (χ4v) is 1.02. The van der Waals surface area contributed by atoms with Gasteiger partial charge in [0.25, 0.3) is 0 Å². The van der Waals surface area contributed by atoms with Gasteiger partial charge >= 0.3 is 5.69 Å². The first-order chi connectivity index (χ1) is 7.54. The maximum absolute atomic E-state index is 13.1. The van der Waals surface area contributed by atoms with E-state index in [1.54, 1.807) is 6.92 Å². The zero-order chi connectivity index (χ0) is 12.1. The highest BCUT2D eigenvalue weighted by Gasteiger charge is 2.14. The Morgan fingerprint density at radius 3 is 2.81 bits per heavy atom. The summed E-state index contributed by atoms with van der Waals surface area (Å²) in [6.07, 6.45) is 0. The summed E-state index contributed by atoms with van der Waals surface area (Å²) in [5, 5.41) is 19.1. The number of hydrogen-bond donors (Lipinski definition) is 1. The Labute approximate surface area is 91.6 Å². The molecule has 0 heterocycles. The lowest BCUT2D eigenvalue weighted by Gasteiger charge is -2.10. The minimum Gasteiger partial charge on any atom is -0.493 e. The highest BCUT2D eigenvalue weighted by atomic mass is 19.1. The number of nitro benzene ring substituents is 1. The van der Waals surface area contributed by atoms with Crippen molar-refractivity contribution in [1.29, 1.82) is 0 Å². The number of hydrogen-bond acceptors (Lipinski definition) is 4. The number of aliphatic hydroxyl groups excluding tert-OH is 1. The maximum atomic E-state index is 13.1. The van der Waals surface area contributed by atoms with Gasteiger partial charge in [-0.05, 0) is 6.07 Å². The van der Waals surface area contributed by atoms with E-state index in [4.69, 9.17) is 9.84 Å². The van der Waals surface area contributed by atoms with E-state index in [9.17, 15) is 14.5 Å². The summed E-state index contributed by atoms with van der Waals surface area (Å²) in [5.41, 5.74) is -0.581. The predicted octanol–water partition coefficient (Wildman–Crippen LogP) is 1.74. The molecule has 5 nitrogen and oxygen atoms in total. The third-order valence-corrected chi connectivity index (χ3v) is 1.96. The van der Waals surface area contributed by atoms with Crippen LogP contribution in [0.4, 0.5) is 10.1 Å². The van der Waals surface area contributed by atoms with Crippen LogP contribution in [0, 0.1) is 21.8 Å². The Bertz CT molecular complexity index is 383. The van der Waals surface area contributed by atoms with E-state index in [2.05, 4.69) is 0 Å². The van der Waals surface area contributed by atoms with Gasteiger partial charge in [-0.3, -0.25) is 10.1 Å². The molecule has 6 heteroatoms. The first kappa shape index (κ1) is 12.4. The molecular formula is C10H12FNO4. The lowest BCUT2D eigenvalue weighted by Crippen LogP contribution is -2.12. The summed E-state index contributed by atoms with van der Waals surface area (Å²) < 4.78 is 18.3. The van der Waals surface area contributed by atoms with E-state index in [0.29, 0.717) is 0 Å². The first-order valence-corrected chi connectivity index (χ1v) is 4.72. The normalized spacial score (nSPS) is 12.2. The van der Waals surface area contributed by atoms with Gasteiger partial charge in [0.1, 0.15) is 5.75 Å². The zero-order valence-corrected chi connectivity index (χ0v) is 8.72. The van der Waals surface area contributed by atoms with Crippen LogP contribution in [-0.4, -0.2) is 23.2 Å². The number of nitro groups is 1. The Morgan fingerprint density at radius 2 is 2.31 bits per heavy atom. The standard InChI is InChI=1S/C10H12FNO4/c1-7(5-13)6-16-8-2-3-10(12(14)15)9(11)4-8/h2-4,7,13H,5-6H2,1H3. The summed E-state index contributed by atoms with van der Waals surface area (Å²) in [7, 11) is 0. The van der Waals surface area contributed by atoms with Crippen LogP contribution in [0.5, 0.6) is 5.75 Å². The SMILES string of the molecule is CC(CO)COc1ccc([N+](=O)[O-])c(F)c1. The molecule has 1 aromatic carbocycles. The fraction of sp³-hybridized carbons (Fsp3) is 0.400. The second kappa shape index (κ2) is 5.41. The average molecular weight is 229 g/mol. The monoisotopic (exact) mass is 229 g/mol. The van der Waals surface area contributed by atoms with Gasteiger partial charge in [0, 0.05) is 24.7 Å². The van der Waals surface area contributed by atoms with E-state index in [1.165, 1.54) is 6.07 Å². The Morgan fingerprint density at radius 1 is 1.62 bits per heavy atom. The molecule has 1 aromatic rings. The summed E-state index contributed by atoms with van der Waals surface area (Å²) in [6, 6.07) is 3.34. The Kier molecular flexibility index (Phi) is 4.19. The van der Waals surface area contributed by atoms with Crippen LogP contribution >= 0.6 is 0 Å². The minimum atomic E-state index is -0.931. The molecule has 0 radical (unpaired) electrons. The smallest absolute Gasteiger partial charge is 0.305 e. The van der Waals surface area contributed by atoms with Crippen molar-refractivity contribution in [2.45, 2.75) is 6.92 Å². The number of benzene rings is 1. The molecule has 88 valence electrons. The van der Waals surface area contributed by atoms with E-state index in [1.807, 2.05) is 0 Å². The van der Waals surface area contributed by atoms with Gasteiger partial charge in [-0.2, -0.15) is 4.39 Å². The highest BCUT2D eigenvalue weighted by molar-refractivity contribution is 5.37. The molecule has 0 aliphatic carbocycles. The Balaban J connectivity index is 2.70. The van der Waals surface area contributed by atoms with E-state index < -0.39 is 16.4 Å². The van der Waals surface area contributed by atoms with Crippen molar-refractivity contribution < 1.29 is 19.2 Å². The van der Waals surface area contributed by atoms with E-state index in [-0.39, 0.29) is 24.9 Å². The molecule has 1 atom stereocenters. The number of halogens is 1. The molecule has 0 aliphatic heterocycles. The molecule has 1 rings (SSSR count). The van der Waals surface area contributed by atoms with Gasteiger partial charge in [0.2, 0.25) is 5.82 Å². The zero-order valence-electron chi connectivity index (χ0n) is 8.72. The van der Waals surface area contributed by atoms with Crippen molar-refractivity contribution in [1.82, 2.24) is 0 Å². The van der Waals surface area contributed by atoms with Crippen LogP contribution in [-0.2, 0) is 0 Å². The van der Waals surface area contributed by atoms with Crippen LogP contribution in [0.25, 0.3) is 0 Å². The molecule has 0 spiro atoms. The molecule has 0 fully saturated rings. The molecule has 0 saturated heterocycles. The quantitative estimate of drug-likeness (QED) is 0.616. The average Bonchev–Trinajstić information content (AvgIpc) is 2.25. The van der Waals surface area contributed by atoms with Crippen LogP contribution in [0.2, 0.25) is 0 Å². The molecule has 1 N–H and O–H groups in total. The second-order valence-electron chi connectivity index (χ2n) is 3.47. The lowest BCUT2D eigenvalue weighted by atomic mass is 10.2. The van der Waals surface area contributed by atoms with Crippen LogP contribution in [0.3, 0.4) is 0 Å². The molecule has 0 saturated carbocycles. The summed E-state index contributed by atoms with van der Waals surface area (Å²) >= 11 is 0. The van der Waals surface area contributed by atoms with Gasteiger partial charge < -0.3 is 9.84 Å². The number of rotatable bonds is 5. The summed E-state index contributed by atoms with van der Waals surface area (Å²) in [5.74, 6) is -0.791. The maximum Gasteiger partial charge on any atom is 0.305 e. The highest BCUT2D eigenvalue weighted by Crippen LogP contribution is 2.22.